The van der Waals surface area contributed by atoms with Gasteiger partial charge in [0.25, 0.3) is 0 Å². The molecule has 4 rings (SSSR count). The van der Waals surface area contributed by atoms with Crippen molar-refractivity contribution in [2.24, 2.45) is 0 Å². The van der Waals surface area contributed by atoms with E-state index >= 15 is 0 Å². The van der Waals surface area contributed by atoms with E-state index in [2.05, 4.69) is 10.3 Å². The molecule has 1 amide bonds. The standard InChI is InChI=1S/C18H16Cl2N2O2/c19-12-4-3-11(14(20)8-12)7-16(23)22-15-9-24-18-13(15)5-6-21-17(18)10-1-2-10/h3-6,8,10,15H,1-2,7,9H2,(H,22,23). The topological polar surface area (TPSA) is 51.2 Å². The number of hydrogen-bond acceptors (Lipinski definition) is 3. The molecule has 1 fully saturated rings. The van der Waals surface area contributed by atoms with Crippen LogP contribution in [0.3, 0.4) is 0 Å². The zero-order valence-corrected chi connectivity index (χ0v) is 14.4. The molecule has 1 atom stereocenters. The molecule has 24 heavy (non-hydrogen) atoms. The molecular weight excluding hydrogens is 347 g/mol. The van der Waals surface area contributed by atoms with Gasteiger partial charge in [0.05, 0.1) is 18.2 Å². The lowest BCUT2D eigenvalue weighted by Crippen LogP contribution is -2.30. The van der Waals surface area contributed by atoms with Gasteiger partial charge in [-0.15, -0.1) is 0 Å². The fourth-order valence-corrected chi connectivity index (χ4v) is 3.49. The first-order chi connectivity index (χ1) is 11.6. The van der Waals surface area contributed by atoms with E-state index < -0.39 is 0 Å². The molecule has 124 valence electrons. The highest BCUT2D eigenvalue weighted by molar-refractivity contribution is 6.35. The maximum atomic E-state index is 12.4. The molecule has 0 saturated heterocycles. The van der Waals surface area contributed by atoms with Crippen molar-refractivity contribution in [1.29, 1.82) is 0 Å². The Morgan fingerprint density at radius 3 is 2.88 bits per heavy atom. The molecule has 1 aromatic heterocycles. The third kappa shape index (κ3) is 3.08. The zero-order valence-electron chi connectivity index (χ0n) is 12.9. The molecule has 4 nitrogen and oxygen atoms in total. The number of carbonyl (C=O) groups excluding carboxylic acids is 1. The molecule has 1 aliphatic carbocycles. The Hall–Kier alpha value is -1.78. The van der Waals surface area contributed by atoms with Crippen molar-refractivity contribution in [3.05, 3.63) is 57.3 Å². The van der Waals surface area contributed by atoms with Crippen molar-refractivity contribution < 1.29 is 9.53 Å². The van der Waals surface area contributed by atoms with Crippen LogP contribution in [0.25, 0.3) is 0 Å². The van der Waals surface area contributed by atoms with Crippen LogP contribution in [-0.2, 0) is 11.2 Å². The average Bonchev–Trinajstić information content (AvgIpc) is 3.32. The molecule has 1 saturated carbocycles. The highest BCUT2D eigenvalue weighted by Crippen LogP contribution is 2.47. The summed E-state index contributed by atoms with van der Waals surface area (Å²) in [4.78, 5) is 16.8. The molecule has 0 spiro atoms. The van der Waals surface area contributed by atoms with Crippen LogP contribution in [0.4, 0.5) is 0 Å². The van der Waals surface area contributed by atoms with Crippen molar-refractivity contribution >= 4 is 29.1 Å². The molecular formula is C18H16Cl2N2O2. The minimum Gasteiger partial charge on any atom is -0.489 e. The van der Waals surface area contributed by atoms with E-state index in [1.807, 2.05) is 6.07 Å². The van der Waals surface area contributed by atoms with Crippen molar-refractivity contribution in [2.45, 2.75) is 31.2 Å². The molecule has 6 heteroatoms. The third-order valence-electron chi connectivity index (χ3n) is 4.40. The normalized spacial score (nSPS) is 18.8. The number of ether oxygens (including phenoxy) is 1. The lowest BCUT2D eigenvalue weighted by molar-refractivity contribution is -0.121. The predicted octanol–water partition coefficient (Wildman–Crippen LogP) is 4.06. The Kier molecular flexibility index (Phi) is 4.10. The van der Waals surface area contributed by atoms with Crippen molar-refractivity contribution in [3.8, 4) is 5.75 Å². The number of halogens is 2. The number of benzene rings is 1. The molecule has 1 unspecified atom stereocenters. The van der Waals surface area contributed by atoms with Gasteiger partial charge in [0.2, 0.25) is 5.91 Å². The second-order valence-electron chi connectivity index (χ2n) is 6.23. The summed E-state index contributed by atoms with van der Waals surface area (Å²) in [6.45, 7) is 0.445. The van der Waals surface area contributed by atoms with Crippen LogP contribution in [-0.4, -0.2) is 17.5 Å². The van der Waals surface area contributed by atoms with Gasteiger partial charge in [-0.05, 0) is 36.6 Å². The van der Waals surface area contributed by atoms with E-state index in [1.165, 1.54) is 12.8 Å². The van der Waals surface area contributed by atoms with Gasteiger partial charge in [0, 0.05) is 27.7 Å². The molecule has 1 aliphatic heterocycles. The van der Waals surface area contributed by atoms with Gasteiger partial charge in [-0.25, -0.2) is 0 Å². The number of fused-ring (bicyclic) bond motifs is 1. The van der Waals surface area contributed by atoms with Gasteiger partial charge in [0.15, 0.2) is 0 Å². The van der Waals surface area contributed by atoms with Gasteiger partial charge in [0.1, 0.15) is 12.4 Å². The summed E-state index contributed by atoms with van der Waals surface area (Å²) in [5.74, 6) is 1.28. The number of carbonyl (C=O) groups is 1. The van der Waals surface area contributed by atoms with Crippen LogP contribution in [0, 0.1) is 0 Å². The van der Waals surface area contributed by atoms with Crippen LogP contribution in [0.15, 0.2) is 30.5 Å². The Balaban J connectivity index is 1.47. The second-order valence-corrected chi connectivity index (χ2v) is 7.08. The Morgan fingerprint density at radius 2 is 2.12 bits per heavy atom. The minimum atomic E-state index is -0.140. The van der Waals surface area contributed by atoms with Crippen LogP contribution < -0.4 is 10.1 Å². The number of hydrogen-bond donors (Lipinski definition) is 1. The zero-order chi connectivity index (χ0) is 16.7. The summed E-state index contributed by atoms with van der Waals surface area (Å²) < 4.78 is 5.81. The van der Waals surface area contributed by atoms with Crippen LogP contribution in [0.2, 0.25) is 10.0 Å². The molecule has 1 aromatic carbocycles. The highest BCUT2D eigenvalue weighted by atomic mass is 35.5. The number of pyridine rings is 1. The number of nitrogens with zero attached hydrogens (tertiary/aromatic N) is 1. The van der Waals surface area contributed by atoms with Crippen LogP contribution in [0.1, 0.15) is 41.6 Å². The van der Waals surface area contributed by atoms with Gasteiger partial charge in [-0.2, -0.15) is 0 Å². The number of nitrogens with one attached hydrogen (secondary N) is 1. The lowest BCUT2D eigenvalue weighted by atomic mass is 10.1. The van der Waals surface area contributed by atoms with E-state index in [4.69, 9.17) is 27.9 Å². The summed E-state index contributed by atoms with van der Waals surface area (Å²) in [5, 5.41) is 4.09. The Labute approximate surface area is 150 Å². The number of aromatic nitrogens is 1. The smallest absolute Gasteiger partial charge is 0.225 e. The summed E-state index contributed by atoms with van der Waals surface area (Å²) in [6, 6.07) is 6.94. The van der Waals surface area contributed by atoms with Crippen LogP contribution in [0.5, 0.6) is 5.75 Å². The average molecular weight is 363 g/mol. The summed E-state index contributed by atoms with van der Waals surface area (Å²) in [7, 11) is 0. The van der Waals surface area contributed by atoms with E-state index in [0.717, 1.165) is 22.6 Å². The fourth-order valence-electron chi connectivity index (χ4n) is 3.02. The Bertz CT molecular complexity index is 806. The predicted molar refractivity (Wildman–Crippen MR) is 92.8 cm³/mol. The monoisotopic (exact) mass is 362 g/mol. The largest absolute Gasteiger partial charge is 0.489 e. The van der Waals surface area contributed by atoms with Gasteiger partial charge >= 0.3 is 0 Å². The fraction of sp³-hybridized carbons (Fsp3) is 0.333. The van der Waals surface area contributed by atoms with E-state index in [1.54, 1.807) is 24.4 Å². The molecule has 0 radical (unpaired) electrons. The summed E-state index contributed by atoms with van der Waals surface area (Å²) >= 11 is 12.0. The SMILES string of the molecule is O=C(Cc1ccc(Cl)cc1Cl)NC1COc2c1ccnc2C1CC1. The van der Waals surface area contributed by atoms with Crippen molar-refractivity contribution in [2.75, 3.05) is 6.61 Å². The van der Waals surface area contributed by atoms with Gasteiger partial charge < -0.3 is 10.1 Å². The van der Waals surface area contributed by atoms with E-state index in [9.17, 15) is 4.79 Å². The number of amides is 1. The molecule has 0 bridgehead atoms. The van der Waals surface area contributed by atoms with Crippen molar-refractivity contribution in [3.63, 3.8) is 0 Å². The Morgan fingerprint density at radius 1 is 1.29 bits per heavy atom. The van der Waals surface area contributed by atoms with E-state index in [-0.39, 0.29) is 18.4 Å². The van der Waals surface area contributed by atoms with Crippen molar-refractivity contribution in [1.82, 2.24) is 10.3 Å². The first kappa shape index (κ1) is 15.7. The maximum Gasteiger partial charge on any atom is 0.225 e. The number of rotatable bonds is 4. The molecule has 2 heterocycles. The van der Waals surface area contributed by atoms with Crippen LogP contribution >= 0.6 is 23.2 Å². The molecule has 2 aromatic rings. The second kappa shape index (κ2) is 6.26. The molecule has 1 N–H and O–H groups in total. The van der Waals surface area contributed by atoms with E-state index in [0.29, 0.717) is 22.6 Å². The molecule has 2 aliphatic rings. The summed E-state index contributed by atoms with van der Waals surface area (Å²) in [6.07, 6.45) is 4.34. The maximum absolute atomic E-state index is 12.4. The summed E-state index contributed by atoms with van der Waals surface area (Å²) in [5.41, 5.74) is 2.80. The highest BCUT2D eigenvalue weighted by Gasteiger charge is 2.34. The minimum absolute atomic E-state index is 0.0922. The lowest BCUT2D eigenvalue weighted by Gasteiger charge is -2.12. The first-order valence-electron chi connectivity index (χ1n) is 7.96. The third-order valence-corrected chi connectivity index (χ3v) is 4.98. The van der Waals surface area contributed by atoms with Gasteiger partial charge in [-0.3, -0.25) is 9.78 Å². The first-order valence-corrected chi connectivity index (χ1v) is 8.72. The van der Waals surface area contributed by atoms with Gasteiger partial charge in [-0.1, -0.05) is 29.3 Å². The quantitative estimate of drug-likeness (QED) is 0.891.